The highest BCUT2D eigenvalue weighted by Gasteiger charge is 2.15. The molecule has 0 aliphatic carbocycles. The smallest absolute Gasteiger partial charge is 0.153 e. The van der Waals surface area contributed by atoms with Gasteiger partial charge in [0.2, 0.25) is 0 Å². The third-order valence-electron chi connectivity index (χ3n) is 3.99. The summed E-state index contributed by atoms with van der Waals surface area (Å²) in [5.74, 6) is 0.840. The number of hydrogen-bond donors (Lipinski definition) is 0. The van der Waals surface area contributed by atoms with Crippen LogP contribution in [0.1, 0.15) is 4.88 Å². The van der Waals surface area contributed by atoms with Gasteiger partial charge in [-0.15, -0.1) is 22.7 Å². The van der Waals surface area contributed by atoms with Crippen molar-refractivity contribution in [1.29, 1.82) is 0 Å². The number of aryl methyl sites for hydroxylation is 1. The Balaban J connectivity index is 1.65. The topological polar surface area (TPSA) is 35.0 Å². The number of nitrogens with zero attached hydrogens (tertiary/aromatic N) is 2. The zero-order chi connectivity index (χ0) is 18.1. The van der Waals surface area contributed by atoms with Crippen LogP contribution in [0.15, 0.2) is 53.9 Å². The molecule has 4 rings (SSSR count). The summed E-state index contributed by atoms with van der Waals surface area (Å²) < 4.78 is 5.21. The molecule has 3 nitrogen and oxygen atoms in total. The van der Waals surface area contributed by atoms with Gasteiger partial charge >= 0.3 is 0 Å². The predicted octanol–water partition coefficient (Wildman–Crippen LogP) is 6.57. The van der Waals surface area contributed by atoms with Crippen molar-refractivity contribution < 1.29 is 4.74 Å². The van der Waals surface area contributed by atoms with Gasteiger partial charge in [0.1, 0.15) is 5.75 Å². The molecular weight excluding hydrogens is 384 g/mol. The molecule has 2 aromatic heterocycles. The van der Waals surface area contributed by atoms with E-state index in [9.17, 15) is 0 Å². The fourth-order valence-electron chi connectivity index (χ4n) is 2.63. The molecule has 0 aliphatic heterocycles. The lowest BCUT2D eigenvalue weighted by Crippen LogP contribution is -1.83. The highest BCUT2D eigenvalue weighted by Crippen LogP contribution is 2.36. The second-order valence-electron chi connectivity index (χ2n) is 5.70. The van der Waals surface area contributed by atoms with Crippen LogP contribution in [-0.4, -0.2) is 17.1 Å². The molecule has 6 heteroatoms. The van der Waals surface area contributed by atoms with Gasteiger partial charge in [0.25, 0.3) is 0 Å². The summed E-state index contributed by atoms with van der Waals surface area (Å²) in [4.78, 5) is 10.8. The summed E-state index contributed by atoms with van der Waals surface area (Å²) in [6.07, 6.45) is 0. The molecule has 130 valence electrons. The Morgan fingerprint density at radius 2 is 1.58 bits per heavy atom. The van der Waals surface area contributed by atoms with Crippen LogP contribution < -0.4 is 4.74 Å². The van der Waals surface area contributed by atoms with Gasteiger partial charge in [0.15, 0.2) is 10.0 Å². The van der Waals surface area contributed by atoms with E-state index in [4.69, 9.17) is 26.3 Å². The number of halogens is 1. The summed E-state index contributed by atoms with van der Waals surface area (Å²) >= 11 is 9.26. The average molecular weight is 399 g/mol. The largest absolute Gasteiger partial charge is 0.497 e. The first kappa shape index (κ1) is 17.2. The van der Waals surface area contributed by atoms with E-state index in [1.165, 1.54) is 4.88 Å². The molecule has 0 bridgehead atoms. The third-order valence-corrected chi connectivity index (χ3v) is 6.19. The van der Waals surface area contributed by atoms with Crippen molar-refractivity contribution in [3.63, 3.8) is 0 Å². The summed E-state index contributed by atoms with van der Waals surface area (Å²) in [5.41, 5.74) is 4.08. The SMILES string of the molecule is COc1ccc(-c2csc(-c3nc(-c4ccc(Cl)cc4)c(C)s3)n2)cc1. The molecular formula is C20H15ClN2OS2. The van der Waals surface area contributed by atoms with E-state index in [-0.39, 0.29) is 0 Å². The predicted molar refractivity (Wildman–Crippen MR) is 110 cm³/mol. The molecule has 2 aromatic carbocycles. The van der Waals surface area contributed by atoms with Gasteiger partial charge in [-0.25, -0.2) is 9.97 Å². The lowest BCUT2D eigenvalue weighted by atomic mass is 10.1. The van der Waals surface area contributed by atoms with Crippen LogP contribution in [-0.2, 0) is 0 Å². The van der Waals surface area contributed by atoms with Crippen molar-refractivity contribution in [2.24, 2.45) is 0 Å². The molecule has 0 fully saturated rings. The standard InChI is InChI=1S/C20H15ClN2OS2/c1-12-18(14-3-7-15(21)8-4-14)23-20(26-12)19-22-17(11-25-19)13-5-9-16(24-2)10-6-13/h3-11H,1-2H3. The summed E-state index contributed by atoms with van der Waals surface area (Å²) in [5, 5.41) is 4.67. The van der Waals surface area contributed by atoms with Crippen LogP contribution in [0.25, 0.3) is 32.5 Å². The van der Waals surface area contributed by atoms with Crippen LogP contribution in [0, 0.1) is 6.92 Å². The molecule has 26 heavy (non-hydrogen) atoms. The van der Waals surface area contributed by atoms with Crippen LogP contribution in [0.4, 0.5) is 0 Å². The molecule has 0 saturated heterocycles. The summed E-state index contributed by atoms with van der Waals surface area (Å²) in [6.45, 7) is 2.09. The normalized spacial score (nSPS) is 10.9. The minimum Gasteiger partial charge on any atom is -0.497 e. The molecule has 0 saturated carbocycles. The average Bonchev–Trinajstić information content (AvgIpc) is 3.29. The fourth-order valence-corrected chi connectivity index (χ4v) is 4.55. The highest BCUT2D eigenvalue weighted by atomic mass is 35.5. The lowest BCUT2D eigenvalue weighted by molar-refractivity contribution is 0.415. The molecule has 0 aliphatic rings. The van der Waals surface area contributed by atoms with E-state index in [1.807, 2.05) is 48.5 Å². The van der Waals surface area contributed by atoms with Crippen LogP contribution in [0.5, 0.6) is 5.75 Å². The van der Waals surface area contributed by atoms with E-state index in [0.717, 1.165) is 43.3 Å². The Kier molecular flexibility index (Phi) is 4.76. The van der Waals surface area contributed by atoms with Gasteiger partial charge in [-0.2, -0.15) is 0 Å². The number of thiazole rings is 2. The van der Waals surface area contributed by atoms with Crippen molar-refractivity contribution >= 4 is 34.3 Å². The van der Waals surface area contributed by atoms with Gasteiger partial charge in [-0.3, -0.25) is 0 Å². The van der Waals surface area contributed by atoms with Crippen molar-refractivity contribution in [2.75, 3.05) is 7.11 Å². The fraction of sp³-hybridized carbons (Fsp3) is 0.100. The van der Waals surface area contributed by atoms with E-state index >= 15 is 0 Å². The van der Waals surface area contributed by atoms with Gasteiger partial charge in [0.05, 0.1) is 18.5 Å². The van der Waals surface area contributed by atoms with Gasteiger partial charge in [-0.05, 0) is 43.3 Å². The second-order valence-corrected chi connectivity index (χ2v) is 8.19. The zero-order valence-corrected chi connectivity index (χ0v) is 16.6. The Morgan fingerprint density at radius 1 is 0.885 bits per heavy atom. The third kappa shape index (κ3) is 3.38. The minimum absolute atomic E-state index is 0.728. The quantitative estimate of drug-likeness (QED) is 0.390. The number of ether oxygens (including phenoxy) is 1. The van der Waals surface area contributed by atoms with Crippen LogP contribution in [0.2, 0.25) is 5.02 Å². The molecule has 0 atom stereocenters. The number of hydrogen-bond acceptors (Lipinski definition) is 5. The van der Waals surface area contributed by atoms with E-state index in [2.05, 4.69) is 12.3 Å². The molecule has 2 heterocycles. The van der Waals surface area contributed by atoms with Crippen molar-refractivity contribution in [3.05, 3.63) is 63.8 Å². The molecule has 0 spiro atoms. The number of rotatable bonds is 4. The first-order valence-electron chi connectivity index (χ1n) is 7.98. The van der Waals surface area contributed by atoms with Crippen molar-refractivity contribution in [2.45, 2.75) is 6.92 Å². The maximum absolute atomic E-state index is 5.99. The number of methoxy groups -OCH3 is 1. The molecule has 0 N–H and O–H groups in total. The first-order chi connectivity index (χ1) is 12.6. The first-order valence-corrected chi connectivity index (χ1v) is 10.0. The Bertz CT molecular complexity index is 1040. The zero-order valence-electron chi connectivity index (χ0n) is 14.2. The molecule has 0 radical (unpaired) electrons. The van der Waals surface area contributed by atoms with Gasteiger partial charge < -0.3 is 4.74 Å². The van der Waals surface area contributed by atoms with E-state index < -0.39 is 0 Å². The van der Waals surface area contributed by atoms with Gasteiger partial charge in [0, 0.05) is 26.4 Å². The van der Waals surface area contributed by atoms with E-state index in [0.29, 0.717) is 0 Å². The minimum atomic E-state index is 0.728. The van der Waals surface area contributed by atoms with Crippen LogP contribution >= 0.6 is 34.3 Å². The van der Waals surface area contributed by atoms with Crippen molar-refractivity contribution in [1.82, 2.24) is 9.97 Å². The maximum atomic E-state index is 5.99. The van der Waals surface area contributed by atoms with Crippen molar-refractivity contribution in [3.8, 4) is 38.3 Å². The summed E-state index contributed by atoms with van der Waals surface area (Å²) in [7, 11) is 1.67. The molecule has 4 aromatic rings. The van der Waals surface area contributed by atoms with E-state index in [1.54, 1.807) is 29.8 Å². The number of benzene rings is 2. The maximum Gasteiger partial charge on any atom is 0.153 e. The second kappa shape index (κ2) is 7.19. The highest BCUT2D eigenvalue weighted by molar-refractivity contribution is 7.21. The Labute approximate surface area is 164 Å². The Hall–Kier alpha value is -2.21. The lowest BCUT2D eigenvalue weighted by Gasteiger charge is -2.00. The number of aromatic nitrogens is 2. The Morgan fingerprint density at radius 3 is 2.27 bits per heavy atom. The molecule has 0 amide bonds. The monoisotopic (exact) mass is 398 g/mol. The van der Waals surface area contributed by atoms with Gasteiger partial charge in [-0.1, -0.05) is 23.7 Å². The molecule has 0 unspecified atom stereocenters. The van der Waals surface area contributed by atoms with Crippen LogP contribution in [0.3, 0.4) is 0 Å². The summed E-state index contributed by atoms with van der Waals surface area (Å²) in [6, 6.07) is 15.7.